The maximum absolute atomic E-state index is 6.02. The molecule has 0 bridgehead atoms. The summed E-state index contributed by atoms with van der Waals surface area (Å²) in [6.45, 7) is 0.626. The van der Waals surface area contributed by atoms with Crippen LogP contribution in [0, 0.1) is 0 Å². The third-order valence-electron chi connectivity index (χ3n) is 2.50. The van der Waals surface area contributed by atoms with E-state index in [2.05, 4.69) is 11.1 Å². The van der Waals surface area contributed by atoms with Crippen LogP contribution in [-0.2, 0) is 0 Å². The first-order chi connectivity index (χ1) is 6.83. The molecule has 0 aliphatic carbocycles. The molecule has 5 N–H and O–H groups in total. The Hall–Kier alpha value is -1.32. The van der Waals surface area contributed by atoms with Crippen LogP contribution in [0.5, 0.6) is 0 Å². The van der Waals surface area contributed by atoms with E-state index < -0.39 is 0 Å². The molecule has 0 spiro atoms. The van der Waals surface area contributed by atoms with Crippen molar-refractivity contribution in [1.82, 2.24) is 4.98 Å². The van der Waals surface area contributed by atoms with E-state index in [1.54, 1.807) is 0 Å². The fraction of sp³-hybridized carbons (Fsp3) is 0.273. The Morgan fingerprint density at radius 3 is 2.86 bits per heavy atom. The summed E-state index contributed by atoms with van der Waals surface area (Å²) in [5.74, 6) is 0. The third-order valence-corrected chi connectivity index (χ3v) is 2.50. The van der Waals surface area contributed by atoms with Crippen LogP contribution in [0.2, 0.25) is 0 Å². The molecule has 0 aliphatic rings. The van der Waals surface area contributed by atoms with Crippen molar-refractivity contribution in [1.29, 1.82) is 0 Å². The van der Waals surface area contributed by atoms with Gasteiger partial charge in [-0.2, -0.15) is 0 Å². The molecule has 14 heavy (non-hydrogen) atoms. The zero-order chi connectivity index (χ0) is 9.97. The first-order valence-corrected chi connectivity index (χ1v) is 4.84. The van der Waals surface area contributed by atoms with Crippen LogP contribution in [0.1, 0.15) is 18.0 Å². The zero-order valence-electron chi connectivity index (χ0n) is 8.03. The molecule has 0 aliphatic heterocycles. The number of aromatic amines is 1. The summed E-state index contributed by atoms with van der Waals surface area (Å²) >= 11 is 0. The topological polar surface area (TPSA) is 67.8 Å². The Labute approximate surface area is 83.1 Å². The van der Waals surface area contributed by atoms with Crippen molar-refractivity contribution in [3.05, 3.63) is 36.0 Å². The standard InChI is InChI=1S/C11H15N3/c12-6-5-10(13)9-7-14-11-4-2-1-3-8(9)11/h1-4,7,10,14H,5-6,12-13H2/t10-/m1/s1. The lowest BCUT2D eigenvalue weighted by Crippen LogP contribution is -2.14. The predicted molar refractivity (Wildman–Crippen MR) is 58.9 cm³/mol. The lowest BCUT2D eigenvalue weighted by Gasteiger charge is -2.08. The largest absolute Gasteiger partial charge is 0.361 e. The third kappa shape index (κ3) is 1.52. The minimum atomic E-state index is 0.0381. The van der Waals surface area contributed by atoms with Gasteiger partial charge in [-0.05, 0) is 24.6 Å². The van der Waals surface area contributed by atoms with Crippen LogP contribution in [0.3, 0.4) is 0 Å². The molecular weight excluding hydrogens is 174 g/mol. The minimum absolute atomic E-state index is 0.0381. The maximum atomic E-state index is 6.02. The Balaban J connectivity index is 2.42. The van der Waals surface area contributed by atoms with Gasteiger partial charge in [0.2, 0.25) is 0 Å². The summed E-state index contributed by atoms with van der Waals surface area (Å²) in [6, 6.07) is 8.20. The monoisotopic (exact) mass is 189 g/mol. The lowest BCUT2D eigenvalue weighted by molar-refractivity contribution is 0.666. The summed E-state index contributed by atoms with van der Waals surface area (Å²) in [5, 5.41) is 1.20. The number of hydrogen-bond donors (Lipinski definition) is 3. The van der Waals surface area contributed by atoms with Gasteiger partial charge >= 0.3 is 0 Å². The Bertz CT molecular complexity index is 419. The number of fused-ring (bicyclic) bond motifs is 1. The van der Waals surface area contributed by atoms with Crippen LogP contribution in [0.25, 0.3) is 10.9 Å². The van der Waals surface area contributed by atoms with Gasteiger partial charge < -0.3 is 16.5 Å². The van der Waals surface area contributed by atoms with Crippen molar-refractivity contribution < 1.29 is 0 Å². The SMILES string of the molecule is NCC[C@@H](N)c1c[nH]c2ccccc12. The normalized spacial score (nSPS) is 13.3. The molecule has 0 saturated carbocycles. The van der Waals surface area contributed by atoms with Crippen LogP contribution in [0.4, 0.5) is 0 Å². The molecular formula is C11H15N3. The van der Waals surface area contributed by atoms with Gasteiger partial charge in [0.15, 0.2) is 0 Å². The van der Waals surface area contributed by atoms with Crippen LogP contribution < -0.4 is 11.5 Å². The molecule has 2 rings (SSSR count). The van der Waals surface area contributed by atoms with Crippen LogP contribution in [0.15, 0.2) is 30.5 Å². The van der Waals surface area contributed by atoms with Gasteiger partial charge in [0.1, 0.15) is 0 Å². The molecule has 0 unspecified atom stereocenters. The fourth-order valence-electron chi connectivity index (χ4n) is 1.74. The molecule has 1 heterocycles. The van der Waals surface area contributed by atoms with Crippen LogP contribution in [-0.4, -0.2) is 11.5 Å². The van der Waals surface area contributed by atoms with Gasteiger partial charge in [0.25, 0.3) is 0 Å². The average Bonchev–Trinajstić information content (AvgIpc) is 2.61. The van der Waals surface area contributed by atoms with E-state index in [4.69, 9.17) is 11.5 Å². The Morgan fingerprint density at radius 1 is 1.29 bits per heavy atom. The van der Waals surface area contributed by atoms with Crippen molar-refractivity contribution in [3.63, 3.8) is 0 Å². The van der Waals surface area contributed by atoms with Gasteiger partial charge in [0.05, 0.1) is 0 Å². The summed E-state index contributed by atoms with van der Waals surface area (Å²) in [7, 11) is 0. The van der Waals surface area contributed by atoms with Crippen molar-refractivity contribution in [2.45, 2.75) is 12.5 Å². The van der Waals surface area contributed by atoms with E-state index in [9.17, 15) is 0 Å². The van der Waals surface area contributed by atoms with E-state index >= 15 is 0 Å². The maximum Gasteiger partial charge on any atom is 0.0457 e. The quantitative estimate of drug-likeness (QED) is 0.685. The Kier molecular flexibility index (Phi) is 2.52. The first-order valence-electron chi connectivity index (χ1n) is 4.84. The number of nitrogens with one attached hydrogen (secondary N) is 1. The van der Waals surface area contributed by atoms with Crippen LogP contribution >= 0.6 is 0 Å². The highest BCUT2D eigenvalue weighted by atomic mass is 14.7. The van der Waals surface area contributed by atoms with Gasteiger partial charge in [0, 0.05) is 23.1 Å². The van der Waals surface area contributed by atoms with Gasteiger partial charge in [-0.15, -0.1) is 0 Å². The Morgan fingerprint density at radius 2 is 2.07 bits per heavy atom. The molecule has 1 atom stereocenters. The molecule has 3 nitrogen and oxygen atoms in total. The van der Waals surface area contributed by atoms with Gasteiger partial charge in [-0.3, -0.25) is 0 Å². The molecule has 1 aromatic heterocycles. The second-order valence-corrected chi connectivity index (χ2v) is 3.47. The molecule has 2 aromatic rings. The second-order valence-electron chi connectivity index (χ2n) is 3.47. The highest BCUT2D eigenvalue weighted by Crippen LogP contribution is 2.23. The fourth-order valence-corrected chi connectivity index (χ4v) is 1.74. The van der Waals surface area contributed by atoms with Crippen molar-refractivity contribution in [2.24, 2.45) is 11.5 Å². The number of hydrogen-bond acceptors (Lipinski definition) is 2. The predicted octanol–water partition coefficient (Wildman–Crippen LogP) is 1.52. The first kappa shape index (κ1) is 9.24. The van der Waals surface area contributed by atoms with E-state index in [0.717, 1.165) is 17.5 Å². The molecule has 1 aromatic carbocycles. The summed E-state index contributed by atoms with van der Waals surface area (Å²) in [5.41, 5.74) is 13.8. The molecule has 0 amide bonds. The molecule has 0 fully saturated rings. The molecule has 74 valence electrons. The van der Waals surface area contributed by atoms with E-state index in [1.165, 1.54) is 5.39 Å². The smallest absolute Gasteiger partial charge is 0.0457 e. The van der Waals surface area contributed by atoms with Crippen molar-refractivity contribution >= 4 is 10.9 Å². The van der Waals surface area contributed by atoms with E-state index in [0.29, 0.717) is 6.54 Å². The summed E-state index contributed by atoms with van der Waals surface area (Å²) in [4.78, 5) is 3.21. The number of aromatic nitrogens is 1. The molecule has 0 saturated heterocycles. The molecule has 3 heteroatoms. The van der Waals surface area contributed by atoms with E-state index in [-0.39, 0.29) is 6.04 Å². The number of benzene rings is 1. The number of H-pyrrole nitrogens is 1. The summed E-state index contributed by atoms with van der Waals surface area (Å²) < 4.78 is 0. The van der Waals surface area contributed by atoms with E-state index in [1.807, 2.05) is 24.4 Å². The average molecular weight is 189 g/mol. The summed E-state index contributed by atoms with van der Waals surface area (Å²) in [6.07, 6.45) is 2.80. The number of rotatable bonds is 3. The van der Waals surface area contributed by atoms with Gasteiger partial charge in [-0.25, -0.2) is 0 Å². The minimum Gasteiger partial charge on any atom is -0.361 e. The van der Waals surface area contributed by atoms with Crippen molar-refractivity contribution in [3.8, 4) is 0 Å². The zero-order valence-corrected chi connectivity index (χ0v) is 8.03. The lowest BCUT2D eigenvalue weighted by atomic mass is 10.0. The second kappa shape index (κ2) is 3.82. The van der Waals surface area contributed by atoms with Crippen molar-refractivity contribution in [2.75, 3.05) is 6.54 Å². The molecule has 0 radical (unpaired) electrons. The van der Waals surface area contributed by atoms with Gasteiger partial charge in [-0.1, -0.05) is 18.2 Å². The number of nitrogens with two attached hydrogens (primary N) is 2. The highest BCUT2D eigenvalue weighted by Gasteiger charge is 2.09. The number of para-hydroxylation sites is 1. The highest BCUT2D eigenvalue weighted by molar-refractivity contribution is 5.83.